The lowest BCUT2D eigenvalue weighted by atomic mass is 10.1. The normalized spacial score (nSPS) is 10.4. The van der Waals surface area contributed by atoms with E-state index in [1.165, 1.54) is 25.1 Å². The third-order valence-electron chi connectivity index (χ3n) is 2.99. The van der Waals surface area contributed by atoms with E-state index in [1.54, 1.807) is 18.2 Å². The van der Waals surface area contributed by atoms with Gasteiger partial charge in [-0.05, 0) is 18.2 Å². The monoisotopic (exact) mass is 293 g/mol. The zero-order chi connectivity index (χ0) is 15.4. The van der Waals surface area contributed by atoms with Crippen molar-refractivity contribution >= 4 is 5.69 Å². The predicted molar refractivity (Wildman–Crippen MR) is 74.5 cm³/mol. The van der Waals surface area contributed by atoms with Crippen LogP contribution in [-0.4, -0.2) is 40.6 Å². The number of rotatable bonds is 6. The van der Waals surface area contributed by atoms with Crippen molar-refractivity contribution < 1.29 is 19.5 Å². The van der Waals surface area contributed by atoms with Crippen LogP contribution in [-0.2, 0) is 6.54 Å². The van der Waals surface area contributed by atoms with Crippen LogP contribution in [0.5, 0.6) is 11.5 Å². The molecule has 0 unspecified atom stereocenters. The number of nitrogens with zero attached hydrogens (tertiary/aromatic N) is 3. The molecule has 112 valence electrons. The van der Waals surface area contributed by atoms with Crippen molar-refractivity contribution in [3.05, 3.63) is 34.5 Å². The summed E-state index contributed by atoms with van der Waals surface area (Å²) in [5, 5.41) is 24.1. The largest absolute Gasteiger partial charge is 0.493 e. The second kappa shape index (κ2) is 6.23. The lowest BCUT2D eigenvalue weighted by Crippen LogP contribution is -2.06. The van der Waals surface area contributed by atoms with Crippen LogP contribution in [0.15, 0.2) is 24.4 Å². The summed E-state index contributed by atoms with van der Waals surface area (Å²) >= 11 is 0. The van der Waals surface area contributed by atoms with Crippen LogP contribution >= 0.6 is 0 Å². The molecule has 2 rings (SSSR count). The Morgan fingerprint density at radius 1 is 1.33 bits per heavy atom. The second-order valence-electron chi connectivity index (χ2n) is 4.15. The first-order valence-corrected chi connectivity index (χ1v) is 6.15. The summed E-state index contributed by atoms with van der Waals surface area (Å²) in [6, 6.07) is 4.98. The Bertz CT molecular complexity index is 653. The molecule has 0 saturated carbocycles. The van der Waals surface area contributed by atoms with E-state index < -0.39 is 4.92 Å². The van der Waals surface area contributed by atoms with Crippen LogP contribution in [0.2, 0.25) is 0 Å². The first-order valence-electron chi connectivity index (χ1n) is 6.15. The summed E-state index contributed by atoms with van der Waals surface area (Å²) in [5.74, 6) is 0.984. The van der Waals surface area contributed by atoms with Crippen molar-refractivity contribution in [3.8, 4) is 22.8 Å². The maximum absolute atomic E-state index is 11.1. The van der Waals surface area contributed by atoms with Crippen molar-refractivity contribution in [2.24, 2.45) is 0 Å². The van der Waals surface area contributed by atoms with Gasteiger partial charge in [0.15, 0.2) is 11.5 Å². The highest BCUT2D eigenvalue weighted by molar-refractivity contribution is 5.72. The van der Waals surface area contributed by atoms with Gasteiger partial charge in [-0.15, -0.1) is 0 Å². The van der Waals surface area contributed by atoms with Crippen LogP contribution < -0.4 is 9.47 Å². The van der Waals surface area contributed by atoms with Crippen LogP contribution in [0, 0.1) is 10.1 Å². The molecule has 0 atom stereocenters. The van der Waals surface area contributed by atoms with E-state index >= 15 is 0 Å². The third-order valence-corrected chi connectivity index (χ3v) is 2.99. The molecule has 1 N–H and O–H groups in total. The van der Waals surface area contributed by atoms with Gasteiger partial charge >= 0.3 is 5.69 Å². The Labute approximate surface area is 120 Å². The number of hydrogen-bond donors (Lipinski definition) is 1. The predicted octanol–water partition coefficient (Wildman–Crippen LogP) is 1.47. The summed E-state index contributed by atoms with van der Waals surface area (Å²) in [7, 11) is 3.00. The fraction of sp³-hybridized carbons (Fsp3) is 0.308. The van der Waals surface area contributed by atoms with E-state index in [1.807, 2.05) is 0 Å². The molecule has 0 saturated heterocycles. The van der Waals surface area contributed by atoms with Gasteiger partial charge < -0.3 is 14.6 Å². The highest BCUT2D eigenvalue weighted by atomic mass is 16.6. The Morgan fingerprint density at radius 3 is 2.62 bits per heavy atom. The third kappa shape index (κ3) is 2.79. The van der Waals surface area contributed by atoms with Gasteiger partial charge in [0.2, 0.25) is 0 Å². The molecule has 21 heavy (non-hydrogen) atoms. The van der Waals surface area contributed by atoms with Crippen LogP contribution in [0.4, 0.5) is 5.69 Å². The van der Waals surface area contributed by atoms with Crippen molar-refractivity contribution in [1.82, 2.24) is 9.78 Å². The molecule has 0 aliphatic carbocycles. The van der Waals surface area contributed by atoms with E-state index in [9.17, 15) is 10.1 Å². The number of methoxy groups -OCH3 is 2. The summed E-state index contributed by atoms with van der Waals surface area (Å²) in [4.78, 5) is 10.6. The lowest BCUT2D eigenvalue weighted by molar-refractivity contribution is -0.384. The van der Waals surface area contributed by atoms with Gasteiger partial charge in [0.25, 0.3) is 0 Å². The average molecular weight is 293 g/mol. The minimum atomic E-state index is -0.507. The Balaban J connectivity index is 2.59. The van der Waals surface area contributed by atoms with E-state index in [0.29, 0.717) is 22.8 Å². The van der Waals surface area contributed by atoms with Crippen molar-refractivity contribution in [2.45, 2.75) is 6.54 Å². The Morgan fingerprint density at radius 2 is 2.05 bits per heavy atom. The summed E-state index contributed by atoms with van der Waals surface area (Å²) in [5.41, 5.74) is 0.746. The molecular weight excluding hydrogens is 278 g/mol. The lowest BCUT2D eigenvalue weighted by Gasteiger charge is -2.10. The van der Waals surface area contributed by atoms with E-state index in [4.69, 9.17) is 14.6 Å². The van der Waals surface area contributed by atoms with Gasteiger partial charge in [0.05, 0.1) is 32.3 Å². The fourth-order valence-electron chi connectivity index (χ4n) is 2.05. The minimum absolute atomic E-state index is 0.129. The molecule has 1 aromatic carbocycles. The average Bonchev–Trinajstić information content (AvgIpc) is 2.91. The standard InChI is InChI=1S/C13H15N3O5/c1-20-11-4-3-9(7-12(11)21-2)13-10(16(18)19)8-14-15(13)5-6-17/h3-4,7-8,17H,5-6H2,1-2H3. The van der Waals surface area contributed by atoms with E-state index in [0.717, 1.165) is 0 Å². The van der Waals surface area contributed by atoms with Gasteiger partial charge in [0, 0.05) is 5.56 Å². The maximum Gasteiger partial charge on any atom is 0.314 e. The molecule has 0 bridgehead atoms. The first-order chi connectivity index (χ1) is 10.1. The number of aliphatic hydroxyl groups is 1. The molecular formula is C13H15N3O5. The summed E-state index contributed by atoms with van der Waals surface area (Å²) in [6.45, 7) is -0.00333. The number of aliphatic hydroxyl groups excluding tert-OH is 1. The van der Waals surface area contributed by atoms with Crippen molar-refractivity contribution in [2.75, 3.05) is 20.8 Å². The smallest absolute Gasteiger partial charge is 0.314 e. The van der Waals surface area contributed by atoms with Gasteiger partial charge in [-0.25, -0.2) is 0 Å². The zero-order valence-electron chi connectivity index (χ0n) is 11.6. The van der Waals surface area contributed by atoms with Gasteiger partial charge in [0.1, 0.15) is 11.9 Å². The Kier molecular flexibility index (Phi) is 4.39. The zero-order valence-corrected chi connectivity index (χ0v) is 11.6. The molecule has 1 heterocycles. The minimum Gasteiger partial charge on any atom is -0.493 e. The highest BCUT2D eigenvalue weighted by Gasteiger charge is 2.23. The molecule has 0 fully saturated rings. The fourth-order valence-corrected chi connectivity index (χ4v) is 2.05. The molecule has 0 radical (unpaired) electrons. The van der Waals surface area contributed by atoms with Gasteiger partial charge in [-0.1, -0.05) is 0 Å². The number of nitro groups is 1. The molecule has 8 heteroatoms. The maximum atomic E-state index is 11.1. The number of aromatic nitrogens is 2. The molecule has 0 aliphatic rings. The second-order valence-corrected chi connectivity index (χ2v) is 4.15. The number of ether oxygens (including phenoxy) is 2. The molecule has 1 aromatic heterocycles. The topological polar surface area (TPSA) is 99.7 Å². The molecule has 0 spiro atoms. The van der Waals surface area contributed by atoms with E-state index in [-0.39, 0.29) is 18.8 Å². The SMILES string of the molecule is COc1ccc(-c2c([N+](=O)[O-])cnn2CCO)cc1OC. The Hall–Kier alpha value is -2.61. The van der Waals surface area contributed by atoms with Crippen LogP contribution in [0.25, 0.3) is 11.3 Å². The van der Waals surface area contributed by atoms with Crippen LogP contribution in [0.3, 0.4) is 0 Å². The number of hydrogen-bond acceptors (Lipinski definition) is 6. The highest BCUT2D eigenvalue weighted by Crippen LogP contribution is 2.36. The first kappa shape index (κ1) is 14.8. The van der Waals surface area contributed by atoms with Gasteiger partial charge in [-0.3, -0.25) is 14.8 Å². The van der Waals surface area contributed by atoms with Crippen LogP contribution in [0.1, 0.15) is 0 Å². The molecule has 8 nitrogen and oxygen atoms in total. The van der Waals surface area contributed by atoms with Gasteiger partial charge in [-0.2, -0.15) is 5.10 Å². The molecule has 2 aromatic rings. The van der Waals surface area contributed by atoms with E-state index in [2.05, 4.69) is 5.10 Å². The number of benzene rings is 1. The molecule has 0 amide bonds. The summed E-state index contributed by atoms with van der Waals surface area (Å²) in [6.07, 6.45) is 1.17. The summed E-state index contributed by atoms with van der Waals surface area (Å²) < 4.78 is 11.7. The van der Waals surface area contributed by atoms with Crippen molar-refractivity contribution in [1.29, 1.82) is 0 Å². The van der Waals surface area contributed by atoms with Crippen molar-refractivity contribution in [3.63, 3.8) is 0 Å². The quantitative estimate of drug-likeness (QED) is 0.639. The molecule has 0 aliphatic heterocycles.